The van der Waals surface area contributed by atoms with Gasteiger partial charge in [-0.15, -0.1) is 11.8 Å². The van der Waals surface area contributed by atoms with Crippen molar-refractivity contribution in [3.63, 3.8) is 0 Å². The molecule has 1 atom stereocenters. The summed E-state index contributed by atoms with van der Waals surface area (Å²) in [6, 6.07) is 3.46. The van der Waals surface area contributed by atoms with Crippen molar-refractivity contribution >= 4 is 28.6 Å². The summed E-state index contributed by atoms with van der Waals surface area (Å²) in [6.45, 7) is 2.12. The molecule has 21 heavy (non-hydrogen) atoms. The molecule has 1 unspecified atom stereocenters. The highest BCUT2D eigenvalue weighted by Gasteiger charge is 2.30. The van der Waals surface area contributed by atoms with E-state index in [1.165, 1.54) is 11.8 Å². The number of pyridine rings is 1. The Kier molecular flexibility index (Phi) is 2.50. The molecule has 1 aromatic carbocycles. The molecule has 7 heteroatoms. The van der Waals surface area contributed by atoms with Crippen LogP contribution < -0.4 is 14.9 Å². The fourth-order valence-electron chi connectivity index (χ4n) is 2.82. The number of thioether (sulfide) groups is 1. The number of nitrogens with zero attached hydrogens (tertiary/aromatic N) is 1. The minimum absolute atomic E-state index is 0.114. The van der Waals surface area contributed by atoms with E-state index in [4.69, 9.17) is 9.47 Å². The quantitative estimate of drug-likeness (QED) is 0.869. The summed E-state index contributed by atoms with van der Waals surface area (Å²) < 4.78 is 12.6. The van der Waals surface area contributed by atoms with Crippen LogP contribution >= 0.6 is 11.8 Å². The Morgan fingerprint density at radius 2 is 2.10 bits per heavy atom. The Morgan fingerprint density at radius 3 is 2.81 bits per heavy atom. The van der Waals surface area contributed by atoms with Gasteiger partial charge in [-0.3, -0.25) is 4.79 Å². The second-order valence-electron chi connectivity index (χ2n) is 5.07. The van der Waals surface area contributed by atoms with Crippen molar-refractivity contribution in [2.24, 2.45) is 0 Å². The number of aromatic carboxylic acids is 1. The van der Waals surface area contributed by atoms with E-state index in [1.54, 1.807) is 12.1 Å². The van der Waals surface area contributed by atoms with Crippen molar-refractivity contribution < 1.29 is 19.4 Å². The van der Waals surface area contributed by atoms with Crippen molar-refractivity contribution in [3.8, 4) is 11.5 Å². The number of carboxylic acid groups (broad SMARTS) is 1. The molecular weight excluding hydrogens is 294 g/mol. The minimum Gasteiger partial charge on any atom is -0.477 e. The second-order valence-corrected chi connectivity index (χ2v) is 6.08. The van der Waals surface area contributed by atoms with Crippen molar-refractivity contribution in [1.29, 1.82) is 0 Å². The molecule has 0 amide bonds. The Morgan fingerprint density at radius 1 is 1.38 bits per heavy atom. The molecule has 4 rings (SSSR count). The summed E-state index contributed by atoms with van der Waals surface area (Å²) in [7, 11) is 0. The summed E-state index contributed by atoms with van der Waals surface area (Å²) in [5.74, 6) is 0.622. The van der Waals surface area contributed by atoms with Gasteiger partial charge < -0.3 is 19.1 Å². The van der Waals surface area contributed by atoms with Gasteiger partial charge in [0.1, 0.15) is 5.56 Å². The summed E-state index contributed by atoms with van der Waals surface area (Å²) in [5.41, 5.74) is 0.0705. The van der Waals surface area contributed by atoms with E-state index >= 15 is 0 Å². The van der Waals surface area contributed by atoms with Gasteiger partial charge >= 0.3 is 5.97 Å². The van der Waals surface area contributed by atoms with Gasteiger partial charge in [-0.05, 0) is 13.0 Å². The van der Waals surface area contributed by atoms with Gasteiger partial charge in [-0.2, -0.15) is 0 Å². The molecule has 0 saturated heterocycles. The number of hydrogen-bond acceptors (Lipinski definition) is 5. The van der Waals surface area contributed by atoms with E-state index < -0.39 is 11.4 Å². The normalized spacial score (nSPS) is 19.0. The predicted molar refractivity (Wildman–Crippen MR) is 76.7 cm³/mol. The number of fused-ring (bicyclic) bond motifs is 4. The molecule has 2 aliphatic rings. The first kappa shape index (κ1) is 12.6. The Labute approximate surface area is 123 Å². The molecule has 108 valence electrons. The molecule has 6 nitrogen and oxygen atoms in total. The van der Waals surface area contributed by atoms with Crippen LogP contribution in [0, 0.1) is 0 Å². The van der Waals surface area contributed by atoms with Crippen molar-refractivity contribution in [2.45, 2.75) is 18.0 Å². The molecule has 3 heterocycles. The van der Waals surface area contributed by atoms with Crippen LogP contribution in [0.2, 0.25) is 0 Å². The van der Waals surface area contributed by atoms with Crippen LogP contribution in [0.25, 0.3) is 10.9 Å². The Hall–Kier alpha value is -2.15. The lowest BCUT2D eigenvalue weighted by atomic mass is 10.1. The highest BCUT2D eigenvalue weighted by molar-refractivity contribution is 7.99. The SMILES string of the molecule is CC1CSc2c(C(=O)O)c(=O)c3cc4c(cc3n21)OCO4. The van der Waals surface area contributed by atoms with Gasteiger partial charge in [0.25, 0.3) is 0 Å². The van der Waals surface area contributed by atoms with E-state index in [-0.39, 0.29) is 18.4 Å². The lowest BCUT2D eigenvalue weighted by Gasteiger charge is -2.15. The molecular formula is C14H11NO5S. The summed E-state index contributed by atoms with van der Waals surface area (Å²) >= 11 is 1.40. The number of hydrogen-bond donors (Lipinski definition) is 1. The third-order valence-corrected chi connectivity index (χ3v) is 5.09. The van der Waals surface area contributed by atoms with Crippen LogP contribution in [0.15, 0.2) is 22.0 Å². The van der Waals surface area contributed by atoms with Gasteiger partial charge in [0.15, 0.2) is 11.5 Å². The molecule has 2 aromatic rings. The molecule has 1 aromatic heterocycles. The first-order valence-electron chi connectivity index (χ1n) is 6.46. The average molecular weight is 305 g/mol. The van der Waals surface area contributed by atoms with Crippen LogP contribution in [-0.2, 0) is 0 Å². The number of aromatic nitrogens is 1. The molecule has 0 aliphatic carbocycles. The number of carboxylic acids is 1. The van der Waals surface area contributed by atoms with Gasteiger partial charge in [-0.25, -0.2) is 4.79 Å². The fourth-order valence-corrected chi connectivity index (χ4v) is 4.11. The van der Waals surface area contributed by atoms with Crippen molar-refractivity contribution in [1.82, 2.24) is 4.57 Å². The van der Waals surface area contributed by atoms with Crippen LogP contribution in [0.1, 0.15) is 23.3 Å². The van der Waals surface area contributed by atoms with E-state index in [9.17, 15) is 14.7 Å². The maximum Gasteiger partial charge on any atom is 0.342 e. The standard InChI is InChI=1S/C14H11NO5S/c1-6-4-21-13-11(14(17)18)12(16)7-2-9-10(20-5-19-9)3-8(7)15(6)13/h2-3,6H,4-5H2,1H3,(H,17,18). The van der Waals surface area contributed by atoms with Crippen molar-refractivity contribution in [3.05, 3.63) is 27.9 Å². The summed E-state index contributed by atoms with van der Waals surface area (Å²) in [4.78, 5) is 24.0. The monoisotopic (exact) mass is 305 g/mol. The minimum atomic E-state index is -1.19. The molecule has 0 spiro atoms. The van der Waals surface area contributed by atoms with Crippen molar-refractivity contribution in [2.75, 3.05) is 12.5 Å². The topological polar surface area (TPSA) is 77.8 Å². The molecule has 0 radical (unpaired) electrons. The number of rotatable bonds is 1. The zero-order valence-corrected chi connectivity index (χ0v) is 11.9. The smallest absolute Gasteiger partial charge is 0.342 e. The van der Waals surface area contributed by atoms with Crippen LogP contribution in [0.3, 0.4) is 0 Å². The highest BCUT2D eigenvalue weighted by atomic mass is 32.2. The average Bonchev–Trinajstić information content (AvgIpc) is 3.03. The number of benzene rings is 1. The van der Waals surface area contributed by atoms with Gasteiger partial charge in [0, 0.05) is 17.9 Å². The molecule has 0 fully saturated rings. The van der Waals surface area contributed by atoms with E-state index in [2.05, 4.69) is 0 Å². The van der Waals surface area contributed by atoms with E-state index in [0.717, 1.165) is 5.75 Å². The second kappa shape index (κ2) is 4.17. The van der Waals surface area contributed by atoms with Gasteiger partial charge in [-0.1, -0.05) is 0 Å². The van der Waals surface area contributed by atoms with Crippen LogP contribution in [0.4, 0.5) is 0 Å². The Bertz CT molecular complexity index is 857. The number of carbonyl (C=O) groups is 1. The zero-order valence-electron chi connectivity index (χ0n) is 11.1. The first-order valence-corrected chi connectivity index (χ1v) is 7.44. The Balaban J connectivity index is 2.19. The third-order valence-electron chi connectivity index (χ3n) is 3.77. The van der Waals surface area contributed by atoms with E-state index in [1.807, 2.05) is 11.5 Å². The molecule has 2 aliphatic heterocycles. The van der Waals surface area contributed by atoms with Crippen LogP contribution in [0.5, 0.6) is 11.5 Å². The number of ether oxygens (including phenoxy) is 2. The maximum absolute atomic E-state index is 12.5. The molecule has 0 bridgehead atoms. The predicted octanol–water partition coefficient (Wildman–Crippen LogP) is 2.10. The van der Waals surface area contributed by atoms with E-state index in [0.29, 0.717) is 27.4 Å². The highest BCUT2D eigenvalue weighted by Crippen LogP contribution is 2.41. The third kappa shape index (κ3) is 1.61. The molecule has 1 N–H and O–H groups in total. The fraction of sp³-hybridized carbons (Fsp3) is 0.286. The van der Waals surface area contributed by atoms with Crippen LogP contribution in [-0.4, -0.2) is 28.2 Å². The zero-order chi connectivity index (χ0) is 14.7. The van der Waals surface area contributed by atoms with Gasteiger partial charge in [0.2, 0.25) is 12.2 Å². The summed E-state index contributed by atoms with van der Waals surface area (Å²) in [5, 5.41) is 10.3. The first-order chi connectivity index (χ1) is 10.1. The maximum atomic E-state index is 12.5. The largest absolute Gasteiger partial charge is 0.477 e. The molecule has 0 saturated carbocycles. The van der Waals surface area contributed by atoms with Gasteiger partial charge in [0.05, 0.1) is 15.9 Å². The summed E-state index contributed by atoms with van der Waals surface area (Å²) in [6.07, 6.45) is 0. The lowest BCUT2D eigenvalue weighted by molar-refractivity contribution is 0.0690. The lowest BCUT2D eigenvalue weighted by Crippen LogP contribution is -2.20.